The van der Waals surface area contributed by atoms with E-state index in [-0.39, 0.29) is 12.5 Å². The number of imidazole rings is 1. The Labute approximate surface area is 105 Å². The fraction of sp³-hybridized carbons (Fsp3) is 0.231. The number of amides is 1. The van der Waals surface area contributed by atoms with Gasteiger partial charge in [-0.2, -0.15) is 0 Å². The highest BCUT2D eigenvalue weighted by Gasteiger charge is 2.07. The van der Waals surface area contributed by atoms with E-state index < -0.39 is 0 Å². The number of benzene rings is 1. The zero-order valence-corrected chi connectivity index (χ0v) is 10.1. The molecular formula is C13H15N3O2. The minimum absolute atomic E-state index is 0.0283. The number of hydrogen-bond acceptors (Lipinski definition) is 3. The molecule has 2 N–H and O–H groups in total. The van der Waals surface area contributed by atoms with Crippen molar-refractivity contribution in [2.24, 2.45) is 7.05 Å². The first kappa shape index (κ1) is 12.3. The van der Waals surface area contributed by atoms with Crippen LogP contribution < -0.4 is 5.32 Å². The van der Waals surface area contributed by atoms with Gasteiger partial charge in [-0.3, -0.25) is 4.79 Å². The summed E-state index contributed by atoms with van der Waals surface area (Å²) in [5.74, 6) is -0.193. The first-order valence-electron chi connectivity index (χ1n) is 5.64. The van der Waals surface area contributed by atoms with Gasteiger partial charge >= 0.3 is 0 Å². The molecule has 94 valence electrons. The van der Waals surface area contributed by atoms with Gasteiger partial charge in [-0.05, 0) is 11.1 Å². The van der Waals surface area contributed by atoms with Crippen LogP contribution in [0, 0.1) is 0 Å². The highest BCUT2D eigenvalue weighted by molar-refractivity contribution is 5.91. The lowest BCUT2D eigenvalue weighted by molar-refractivity contribution is 0.0946. The van der Waals surface area contributed by atoms with E-state index in [2.05, 4.69) is 10.3 Å². The second-order valence-electron chi connectivity index (χ2n) is 4.08. The van der Waals surface area contributed by atoms with Crippen molar-refractivity contribution in [3.05, 3.63) is 53.6 Å². The second-order valence-corrected chi connectivity index (χ2v) is 4.08. The standard InChI is InChI=1S/C13H15N3O2/c1-16-7-12(15-9-16)13(18)14-6-10-2-4-11(8-17)5-3-10/h2-5,7,9,17H,6,8H2,1H3,(H,14,18). The van der Waals surface area contributed by atoms with Crippen LogP contribution in [0.5, 0.6) is 0 Å². The Balaban J connectivity index is 1.92. The van der Waals surface area contributed by atoms with Crippen LogP contribution >= 0.6 is 0 Å². The van der Waals surface area contributed by atoms with E-state index in [0.717, 1.165) is 11.1 Å². The number of aliphatic hydroxyl groups is 1. The lowest BCUT2D eigenvalue weighted by Gasteiger charge is -2.04. The van der Waals surface area contributed by atoms with Gasteiger partial charge in [0.1, 0.15) is 5.69 Å². The smallest absolute Gasteiger partial charge is 0.271 e. The zero-order chi connectivity index (χ0) is 13.0. The van der Waals surface area contributed by atoms with Gasteiger partial charge in [-0.25, -0.2) is 4.98 Å². The molecule has 1 amide bonds. The Morgan fingerprint density at radius 1 is 1.33 bits per heavy atom. The van der Waals surface area contributed by atoms with E-state index in [1.165, 1.54) is 0 Å². The van der Waals surface area contributed by atoms with Gasteiger partial charge in [-0.15, -0.1) is 0 Å². The Morgan fingerprint density at radius 2 is 2.00 bits per heavy atom. The molecule has 0 saturated carbocycles. The molecule has 0 atom stereocenters. The van der Waals surface area contributed by atoms with Crippen molar-refractivity contribution in [3.63, 3.8) is 0 Å². The summed E-state index contributed by atoms with van der Waals surface area (Å²) in [5.41, 5.74) is 2.25. The van der Waals surface area contributed by atoms with E-state index in [1.807, 2.05) is 31.3 Å². The minimum atomic E-state index is -0.193. The fourth-order valence-electron chi connectivity index (χ4n) is 1.57. The fourth-order valence-corrected chi connectivity index (χ4v) is 1.57. The van der Waals surface area contributed by atoms with Gasteiger partial charge < -0.3 is 15.0 Å². The lowest BCUT2D eigenvalue weighted by Crippen LogP contribution is -2.23. The molecule has 0 aliphatic rings. The molecule has 1 aromatic carbocycles. The van der Waals surface area contributed by atoms with Crippen LogP contribution in [-0.4, -0.2) is 20.6 Å². The number of aliphatic hydroxyl groups excluding tert-OH is 1. The van der Waals surface area contributed by atoms with Crippen molar-refractivity contribution in [2.45, 2.75) is 13.2 Å². The second kappa shape index (κ2) is 5.46. The van der Waals surface area contributed by atoms with Crippen LogP contribution in [0.2, 0.25) is 0 Å². The van der Waals surface area contributed by atoms with Crippen molar-refractivity contribution in [1.82, 2.24) is 14.9 Å². The minimum Gasteiger partial charge on any atom is -0.392 e. The van der Waals surface area contributed by atoms with Gasteiger partial charge in [-0.1, -0.05) is 24.3 Å². The van der Waals surface area contributed by atoms with E-state index in [0.29, 0.717) is 12.2 Å². The summed E-state index contributed by atoms with van der Waals surface area (Å²) in [5, 5.41) is 11.7. The molecular weight excluding hydrogens is 230 g/mol. The van der Waals surface area contributed by atoms with E-state index in [4.69, 9.17) is 5.11 Å². The van der Waals surface area contributed by atoms with Crippen molar-refractivity contribution < 1.29 is 9.90 Å². The quantitative estimate of drug-likeness (QED) is 0.839. The highest BCUT2D eigenvalue weighted by Crippen LogP contribution is 2.04. The number of carbonyl (C=O) groups is 1. The molecule has 2 rings (SSSR count). The van der Waals surface area contributed by atoms with Crippen molar-refractivity contribution >= 4 is 5.91 Å². The van der Waals surface area contributed by atoms with Crippen molar-refractivity contribution in [3.8, 4) is 0 Å². The molecule has 2 aromatic rings. The largest absolute Gasteiger partial charge is 0.392 e. The molecule has 5 nitrogen and oxygen atoms in total. The van der Waals surface area contributed by atoms with Crippen LogP contribution in [0.25, 0.3) is 0 Å². The molecule has 1 aromatic heterocycles. The maximum absolute atomic E-state index is 11.7. The van der Waals surface area contributed by atoms with Crippen LogP contribution in [-0.2, 0) is 20.2 Å². The first-order chi connectivity index (χ1) is 8.69. The van der Waals surface area contributed by atoms with Crippen LogP contribution in [0.15, 0.2) is 36.8 Å². The Kier molecular flexibility index (Phi) is 3.74. The van der Waals surface area contributed by atoms with Crippen LogP contribution in [0.3, 0.4) is 0 Å². The average Bonchev–Trinajstić information content (AvgIpc) is 2.83. The number of aromatic nitrogens is 2. The number of hydrogen-bond donors (Lipinski definition) is 2. The number of nitrogens with one attached hydrogen (secondary N) is 1. The molecule has 0 aliphatic heterocycles. The molecule has 0 aliphatic carbocycles. The van der Waals surface area contributed by atoms with E-state index in [1.54, 1.807) is 17.1 Å². The molecule has 0 radical (unpaired) electrons. The molecule has 0 unspecified atom stereocenters. The highest BCUT2D eigenvalue weighted by atomic mass is 16.3. The summed E-state index contributed by atoms with van der Waals surface area (Å²) in [7, 11) is 1.82. The topological polar surface area (TPSA) is 67.2 Å². The van der Waals surface area contributed by atoms with Crippen LogP contribution in [0.1, 0.15) is 21.6 Å². The summed E-state index contributed by atoms with van der Waals surface area (Å²) in [4.78, 5) is 15.7. The average molecular weight is 245 g/mol. The summed E-state index contributed by atoms with van der Waals surface area (Å²) >= 11 is 0. The van der Waals surface area contributed by atoms with Gasteiger partial charge in [0.25, 0.3) is 5.91 Å². The number of carbonyl (C=O) groups excluding carboxylic acids is 1. The summed E-state index contributed by atoms with van der Waals surface area (Å²) < 4.78 is 1.73. The summed E-state index contributed by atoms with van der Waals surface area (Å²) in [6.07, 6.45) is 3.26. The Morgan fingerprint density at radius 3 is 2.56 bits per heavy atom. The zero-order valence-electron chi connectivity index (χ0n) is 10.1. The molecule has 5 heteroatoms. The van der Waals surface area contributed by atoms with Gasteiger partial charge in [0.15, 0.2) is 0 Å². The van der Waals surface area contributed by atoms with E-state index >= 15 is 0 Å². The molecule has 0 bridgehead atoms. The predicted octanol–water partition coefficient (Wildman–Crippen LogP) is 0.842. The predicted molar refractivity (Wildman–Crippen MR) is 66.7 cm³/mol. The molecule has 0 fully saturated rings. The lowest BCUT2D eigenvalue weighted by atomic mass is 10.1. The number of rotatable bonds is 4. The Bertz CT molecular complexity index is 531. The first-order valence-corrected chi connectivity index (χ1v) is 5.64. The van der Waals surface area contributed by atoms with Crippen molar-refractivity contribution in [1.29, 1.82) is 0 Å². The monoisotopic (exact) mass is 245 g/mol. The molecule has 0 saturated heterocycles. The van der Waals surface area contributed by atoms with Gasteiger partial charge in [0.05, 0.1) is 12.9 Å². The third-order valence-electron chi connectivity index (χ3n) is 2.60. The third kappa shape index (κ3) is 2.95. The van der Waals surface area contributed by atoms with Crippen molar-refractivity contribution in [2.75, 3.05) is 0 Å². The van der Waals surface area contributed by atoms with Crippen LogP contribution in [0.4, 0.5) is 0 Å². The Hall–Kier alpha value is -2.14. The van der Waals surface area contributed by atoms with Gasteiger partial charge in [0, 0.05) is 19.8 Å². The maximum atomic E-state index is 11.7. The molecule has 1 heterocycles. The third-order valence-corrected chi connectivity index (χ3v) is 2.60. The summed E-state index contributed by atoms with van der Waals surface area (Å²) in [6.45, 7) is 0.474. The SMILES string of the molecule is Cn1cnc(C(=O)NCc2ccc(CO)cc2)c1. The normalized spacial score (nSPS) is 10.3. The molecule has 0 spiro atoms. The van der Waals surface area contributed by atoms with E-state index in [9.17, 15) is 4.79 Å². The number of nitrogens with zero attached hydrogens (tertiary/aromatic N) is 2. The maximum Gasteiger partial charge on any atom is 0.271 e. The molecule has 18 heavy (non-hydrogen) atoms. The number of aryl methyl sites for hydroxylation is 1. The van der Waals surface area contributed by atoms with Gasteiger partial charge in [0.2, 0.25) is 0 Å². The summed E-state index contributed by atoms with van der Waals surface area (Å²) in [6, 6.07) is 7.43.